The van der Waals surface area contributed by atoms with E-state index in [1.165, 1.54) is 5.56 Å². The Balaban J connectivity index is 1.98. The van der Waals surface area contributed by atoms with Gasteiger partial charge in [0.25, 0.3) is 0 Å². The quantitative estimate of drug-likeness (QED) is 0.780. The van der Waals surface area contributed by atoms with Crippen LogP contribution in [-0.4, -0.2) is 16.9 Å². The summed E-state index contributed by atoms with van der Waals surface area (Å²) in [6.07, 6.45) is 1.72. The number of halogens is 1. The molecule has 0 radical (unpaired) electrons. The molecule has 2 heterocycles. The van der Waals surface area contributed by atoms with E-state index in [4.69, 9.17) is 16.0 Å². The van der Waals surface area contributed by atoms with E-state index in [0.717, 1.165) is 24.5 Å². The van der Waals surface area contributed by atoms with E-state index in [-0.39, 0.29) is 0 Å². The molecule has 0 N–H and O–H groups in total. The molecule has 2 aromatic heterocycles. The van der Waals surface area contributed by atoms with Crippen molar-refractivity contribution in [3.05, 3.63) is 52.7 Å². The van der Waals surface area contributed by atoms with Gasteiger partial charge in [0, 0.05) is 18.7 Å². The number of nitrogens with zero attached hydrogens (tertiary/aromatic N) is 2. The van der Waals surface area contributed by atoms with E-state index in [1.807, 2.05) is 25.1 Å². The van der Waals surface area contributed by atoms with Crippen molar-refractivity contribution in [3.8, 4) is 0 Å². The first-order chi connectivity index (χ1) is 8.15. The van der Waals surface area contributed by atoms with E-state index in [2.05, 4.69) is 16.9 Å². The lowest BCUT2D eigenvalue weighted by Crippen LogP contribution is -2.18. The van der Waals surface area contributed by atoms with Gasteiger partial charge in [-0.15, -0.1) is 0 Å². The minimum atomic E-state index is 0.537. The highest BCUT2D eigenvalue weighted by Crippen LogP contribution is 2.13. The van der Waals surface area contributed by atoms with Crippen LogP contribution in [0.25, 0.3) is 0 Å². The van der Waals surface area contributed by atoms with Crippen LogP contribution in [0.2, 0.25) is 5.15 Å². The Hall–Kier alpha value is -1.32. The third kappa shape index (κ3) is 3.32. The summed E-state index contributed by atoms with van der Waals surface area (Å²) in [6, 6.07) is 7.68. The Labute approximate surface area is 106 Å². The van der Waals surface area contributed by atoms with Crippen LogP contribution in [0.3, 0.4) is 0 Å². The largest absolute Gasteiger partial charge is 0.469 e. The standard InChI is InChI=1S/C13H15ClN2O/c1-10-11(6-7-17-10)8-16(2)9-12-4-3-5-13(14)15-12/h3-7H,8-9H2,1-2H3. The summed E-state index contributed by atoms with van der Waals surface area (Å²) in [4.78, 5) is 6.44. The molecule has 0 spiro atoms. The molecule has 17 heavy (non-hydrogen) atoms. The van der Waals surface area contributed by atoms with Gasteiger partial charge in [0.1, 0.15) is 10.9 Å². The van der Waals surface area contributed by atoms with Crippen molar-refractivity contribution in [3.63, 3.8) is 0 Å². The second-order valence-electron chi connectivity index (χ2n) is 4.13. The van der Waals surface area contributed by atoms with Crippen LogP contribution in [-0.2, 0) is 13.1 Å². The van der Waals surface area contributed by atoms with Gasteiger partial charge in [0.15, 0.2) is 0 Å². The molecule has 0 saturated heterocycles. The number of hydrogen-bond acceptors (Lipinski definition) is 3. The van der Waals surface area contributed by atoms with Crippen molar-refractivity contribution < 1.29 is 4.42 Å². The number of aromatic nitrogens is 1. The fraction of sp³-hybridized carbons (Fsp3) is 0.308. The summed E-state index contributed by atoms with van der Waals surface area (Å²) < 4.78 is 5.27. The van der Waals surface area contributed by atoms with Gasteiger partial charge in [0.2, 0.25) is 0 Å². The van der Waals surface area contributed by atoms with Crippen LogP contribution in [0.4, 0.5) is 0 Å². The Bertz CT molecular complexity index is 496. The SMILES string of the molecule is Cc1occc1CN(C)Cc1cccc(Cl)n1. The van der Waals surface area contributed by atoms with Gasteiger partial charge in [-0.25, -0.2) is 4.98 Å². The molecular weight excluding hydrogens is 236 g/mol. The van der Waals surface area contributed by atoms with Crippen LogP contribution >= 0.6 is 11.6 Å². The minimum absolute atomic E-state index is 0.537. The molecule has 0 amide bonds. The van der Waals surface area contributed by atoms with Gasteiger partial charge in [0.05, 0.1) is 12.0 Å². The van der Waals surface area contributed by atoms with Gasteiger partial charge in [-0.2, -0.15) is 0 Å². The van der Waals surface area contributed by atoms with Gasteiger partial charge < -0.3 is 4.42 Å². The minimum Gasteiger partial charge on any atom is -0.469 e. The highest BCUT2D eigenvalue weighted by atomic mass is 35.5. The maximum absolute atomic E-state index is 5.85. The number of rotatable bonds is 4. The predicted octanol–water partition coefficient (Wildman–Crippen LogP) is 3.27. The molecule has 0 atom stereocenters. The number of hydrogen-bond donors (Lipinski definition) is 0. The number of pyridine rings is 1. The first kappa shape index (κ1) is 12.1. The summed E-state index contributed by atoms with van der Waals surface area (Å²) in [5.74, 6) is 0.968. The zero-order valence-corrected chi connectivity index (χ0v) is 10.7. The molecule has 0 bridgehead atoms. The van der Waals surface area contributed by atoms with E-state index in [1.54, 1.807) is 12.3 Å². The molecule has 0 saturated carbocycles. The van der Waals surface area contributed by atoms with Gasteiger partial charge in [-0.05, 0) is 32.2 Å². The Morgan fingerprint density at radius 3 is 2.76 bits per heavy atom. The summed E-state index contributed by atoms with van der Waals surface area (Å²) in [6.45, 7) is 3.59. The Kier molecular flexibility index (Phi) is 3.82. The van der Waals surface area contributed by atoms with Crippen molar-refractivity contribution in [1.82, 2.24) is 9.88 Å². The second kappa shape index (κ2) is 5.34. The molecular formula is C13H15ClN2O. The third-order valence-corrected chi connectivity index (χ3v) is 2.82. The molecule has 0 aliphatic rings. The normalized spacial score (nSPS) is 11.1. The summed E-state index contributed by atoms with van der Waals surface area (Å²) >= 11 is 5.85. The molecule has 90 valence electrons. The first-order valence-electron chi connectivity index (χ1n) is 5.48. The van der Waals surface area contributed by atoms with Crippen LogP contribution in [0.1, 0.15) is 17.0 Å². The van der Waals surface area contributed by atoms with Crippen LogP contribution in [0, 0.1) is 6.92 Å². The lowest BCUT2D eigenvalue weighted by Gasteiger charge is -2.15. The highest BCUT2D eigenvalue weighted by Gasteiger charge is 2.06. The van der Waals surface area contributed by atoms with Gasteiger partial charge in [-0.3, -0.25) is 4.90 Å². The fourth-order valence-electron chi connectivity index (χ4n) is 1.74. The zero-order valence-electron chi connectivity index (χ0n) is 9.98. The lowest BCUT2D eigenvalue weighted by molar-refractivity contribution is 0.312. The van der Waals surface area contributed by atoms with E-state index >= 15 is 0 Å². The molecule has 3 nitrogen and oxygen atoms in total. The molecule has 4 heteroatoms. The van der Waals surface area contributed by atoms with Crippen molar-refractivity contribution in [2.24, 2.45) is 0 Å². The summed E-state index contributed by atoms with van der Waals surface area (Å²) in [5, 5.41) is 0.537. The molecule has 0 aliphatic heterocycles. The summed E-state index contributed by atoms with van der Waals surface area (Å²) in [5.41, 5.74) is 2.18. The molecule has 0 aromatic carbocycles. The average Bonchev–Trinajstić information content (AvgIpc) is 2.64. The van der Waals surface area contributed by atoms with E-state index < -0.39 is 0 Å². The molecule has 0 fully saturated rings. The third-order valence-electron chi connectivity index (χ3n) is 2.61. The van der Waals surface area contributed by atoms with E-state index in [9.17, 15) is 0 Å². The van der Waals surface area contributed by atoms with Crippen molar-refractivity contribution in [2.45, 2.75) is 20.0 Å². The smallest absolute Gasteiger partial charge is 0.129 e. The fourth-order valence-corrected chi connectivity index (χ4v) is 1.92. The summed E-state index contributed by atoms with van der Waals surface area (Å²) in [7, 11) is 2.05. The second-order valence-corrected chi connectivity index (χ2v) is 4.51. The van der Waals surface area contributed by atoms with Crippen LogP contribution in [0.15, 0.2) is 34.9 Å². The van der Waals surface area contributed by atoms with Crippen molar-refractivity contribution >= 4 is 11.6 Å². The monoisotopic (exact) mass is 250 g/mol. The van der Waals surface area contributed by atoms with E-state index in [0.29, 0.717) is 5.15 Å². The van der Waals surface area contributed by atoms with Crippen molar-refractivity contribution in [2.75, 3.05) is 7.05 Å². The average molecular weight is 251 g/mol. The molecule has 2 aromatic rings. The number of aryl methyl sites for hydroxylation is 1. The van der Waals surface area contributed by atoms with Crippen LogP contribution < -0.4 is 0 Å². The van der Waals surface area contributed by atoms with Gasteiger partial charge >= 0.3 is 0 Å². The Morgan fingerprint density at radius 2 is 2.12 bits per heavy atom. The predicted molar refractivity (Wildman–Crippen MR) is 67.9 cm³/mol. The zero-order chi connectivity index (χ0) is 12.3. The highest BCUT2D eigenvalue weighted by molar-refractivity contribution is 6.29. The van der Waals surface area contributed by atoms with Crippen molar-refractivity contribution in [1.29, 1.82) is 0 Å². The molecule has 0 unspecified atom stereocenters. The number of furan rings is 1. The maximum atomic E-state index is 5.85. The lowest BCUT2D eigenvalue weighted by atomic mass is 10.2. The Morgan fingerprint density at radius 1 is 1.29 bits per heavy atom. The van der Waals surface area contributed by atoms with Crippen LogP contribution in [0.5, 0.6) is 0 Å². The first-order valence-corrected chi connectivity index (χ1v) is 5.86. The maximum Gasteiger partial charge on any atom is 0.129 e. The van der Waals surface area contributed by atoms with Gasteiger partial charge in [-0.1, -0.05) is 17.7 Å². The molecule has 2 rings (SSSR count). The topological polar surface area (TPSA) is 29.3 Å². The molecule has 0 aliphatic carbocycles.